The van der Waals surface area contributed by atoms with Crippen LogP contribution in [0.5, 0.6) is 0 Å². The molecular formula is C15H16FN. The molecule has 1 nitrogen and oxygen atoms in total. The normalized spacial score (nSPS) is 10.9. The second-order valence-electron chi connectivity index (χ2n) is 4.64. The molecule has 2 heteroatoms. The Kier molecular flexibility index (Phi) is 3.23. The molecule has 0 aliphatic carbocycles. The van der Waals surface area contributed by atoms with E-state index in [2.05, 4.69) is 4.98 Å². The van der Waals surface area contributed by atoms with Crippen LogP contribution in [-0.4, -0.2) is 4.98 Å². The maximum Gasteiger partial charge on any atom is 0.127 e. The lowest BCUT2D eigenvalue weighted by Crippen LogP contribution is -1.93. The van der Waals surface area contributed by atoms with Crippen molar-refractivity contribution in [2.45, 2.75) is 26.7 Å². The molecular weight excluding hydrogens is 213 g/mol. The summed E-state index contributed by atoms with van der Waals surface area (Å²) in [5.41, 5.74) is 3.67. The average molecular weight is 229 g/mol. The average Bonchev–Trinajstić information content (AvgIpc) is 2.28. The number of nitrogens with zero attached hydrogens (tertiary/aromatic N) is 1. The van der Waals surface area contributed by atoms with Crippen LogP contribution >= 0.6 is 0 Å². The molecule has 0 N–H and O–H groups in total. The number of hydrogen-bond acceptors (Lipinski definition) is 1. The zero-order valence-electron chi connectivity index (χ0n) is 10.4. The molecule has 17 heavy (non-hydrogen) atoms. The lowest BCUT2D eigenvalue weighted by atomic mass is 9.98. The van der Waals surface area contributed by atoms with Gasteiger partial charge in [-0.1, -0.05) is 26.0 Å². The fourth-order valence-corrected chi connectivity index (χ4v) is 1.89. The molecule has 88 valence electrons. The molecule has 0 bridgehead atoms. The van der Waals surface area contributed by atoms with Crippen LogP contribution in [0.25, 0.3) is 11.1 Å². The highest BCUT2D eigenvalue weighted by Gasteiger charge is 2.08. The molecule has 0 atom stereocenters. The summed E-state index contributed by atoms with van der Waals surface area (Å²) < 4.78 is 13.9. The van der Waals surface area contributed by atoms with Crippen molar-refractivity contribution in [1.29, 1.82) is 0 Å². The Morgan fingerprint density at radius 2 is 1.82 bits per heavy atom. The van der Waals surface area contributed by atoms with Crippen LogP contribution in [0.2, 0.25) is 0 Å². The quantitative estimate of drug-likeness (QED) is 0.747. The Balaban J connectivity index is 2.44. The Labute approximate surface area is 101 Å². The maximum atomic E-state index is 13.9. The van der Waals surface area contributed by atoms with E-state index in [9.17, 15) is 4.39 Å². The van der Waals surface area contributed by atoms with Crippen molar-refractivity contribution in [1.82, 2.24) is 4.98 Å². The Morgan fingerprint density at radius 3 is 2.41 bits per heavy atom. The molecule has 0 aliphatic rings. The molecule has 1 heterocycles. The number of rotatable bonds is 2. The monoisotopic (exact) mass is 229 g/mol. The first-order valence-corrected chi connectivity index (χ1v) is 5.79. The molecule has 1 aromatic heterocycles. The van der Waals surface area contributed by atoms with E-state index >= 15 is 0 Å². The first kappa shape index (κ1) is 11.8. The lowest BCUT2D eigenvalue weighted by molar-refractivity contribution is 0.599. The SMILES string of the molecule is Cc1cncc(-c2ccc(C(C)C)c(F)c2)c1. The van der Waals surface area contributed by atoms with E-state index in [4.69, 9.17) is 0 Å². The molecule has 0 radical (unpaired) electrons. The first-order chi connectivity index (χ1) is 8.08. The van der Waals surface area contributed by atoms with Gasteiger partial charge in [-0.15, -0.1) is 0 Å². The van der Waals surface area contributed by atoms with Crippen LogP contribution in [0.4, 0.5) is 4.39 Å². The fourth-order valence-electron chi connectivity index (χ4n) is 1.89. The smallest absolute Gasteiger partial charge is 0.127 e. The highest BCUT2D eigenvalue weighted by Crippen LogP contribution is 2.25. The molecule has 0 spiro atoms. The maximum absolute atomic E-state index is 13.9. The molecule has 0 saturated heterocycles. The summed E-state index contributed by atoms with van der Waals surface area (Å²) >= 11 is 0. The third kappa shape index (κ3) is 2.52. The second-order valence-corrected chi connectivity index (χ2v) is 4.64. The zero-order valence-corrected chi connectivity index (χ0v) is 10.4. The van der Waals surface area contributed by atoms with Gasteiger partial charge in [-0.25, -0.2) is 4.39 Å². The zero-order chi connectivity index (χ0) is 12.4. The number of pyridine rings is 1. The van der Waals surface area contributed by atoms with Crippen LogP contribution in [0.3, 0.4) is 0 Å². The van der Waals surface area contributed by atoms with Crippen molar-refractivity contribution in [2.75, 3.05) is 0 Å². The van der Waals surface area contributed by atoms with Gasteiger partial charge in [-0.2, -0.15) is 0 Å². The van der Waals surface area contributed by atoms with Gasteiger partial charge < -0.3 is 0 Å². The van der Waals surface area contributed by atoms with E-state index in [0.29, 0.717) is 0 Å². The highest BCUT2D eigenvalue weighted by molar-refractivity contribution is 5.63. The van der Waals surface area contributed by atoms with E-state index in [1.54, 1.807) is 18.5 Å². The number of benzene rings is 1. The Bertz CT molecular complexity index is 532. The van der Waals surface area contributed by atoms with Gasteiger partial charge >= 0.3 is 0 Å². The third-order valence-electron chi connectivity index (χ3n) is 2.83. The number of hydrogen-bond donors (Lipinski definition) is 0. The summed E-state index contributed by atoms with van der Waals surface area (Å²) in [6.07, 6.45) is 3.55. The van der Waals surface area contributed by atoms with Gasteiger partial charge in [-0.05, 0) is 41.7 Å². The predicted octanol–water partition coefficient (Wildman–Crippen LogP) is 4.32. The van der Waals surface area contributed by atoms with Crippen molar-refractivity contribution in [3.05, 3.63) is 53.6 Å². The topological polar surface area (TPSA) is 12.9 Å². The molecule has 0 unspecified atom stereocenters. The van der Waals surface area contributed by atoms with Gasteiger partial charge in [-0.3, -0.25) is 4.98 Å². The second kappa shape index (κ2) is 4.66. The summed E-state index contributed by atoms with van der Waals surface area (Å²) in [7, 11) is 0. The van der Waals surface area contributed by atoms with E-state index in [0.717, 1.165) is 22.3 Å². The van der Waals surface area contributed by atoms with Gasteiger partial charge in [0.25, 0.3) is 0 Å². The minimum Gasteiger partial charge on any atom is -0.264 e. The van der Waals surface area contributed by atoms with Crippen LogP contribution in [-0.2, 0) is 0 Å². The van der Waals surface area contributed by atoms with Crippen LogP contribution in [0, 0.1) is 12.7 Å². The third-order valence-corrected chi connectivity index (χ3v) is 2.83. The van der Waals surface area contributed by atoms with Crippen molar-refractivity contribution in [3.63, 3.8) is 0 Å². The first-order valence-electron chi connectivity index (χ1n) is 5.79. The van der Waals surface area contributed by atoms with Crippen molar-refractivity contribution in [2.24, 2.45) is 0 Å². The van der Waals surface area contributed by atoms with E-state index in [-0.39, 0.29) is 11.7 Å². The number of aryl methyl sites for hydroxylation is 1. The van der Waals surface area contributed by atoms with Gasteiger partial charge in [0, 0.05) is 18.0 Å². The Morgan fingerprint density at radius 1 is 1.06 bits per heavy atom. The van der Waals surface area contributed by atoms with Gasteiger partial charge in [0.15, 0.2) is 0 Å². The summed E-state index contributed by atoms with van der Waals surface area (Å²) in [4.78, 5) is 4.13. The lowest BCUT2D eigenvalue weighted by Gasteiger charge is -2.09. The number of halogens is 1. The fraction of sp³-hybridized carbons (Fsp3) is 0.267. The van der Waals surface area contributed by atoms with Crippen LogP contribution in [0.1, 0.15) is 30.9 Å². The summed E-state index contributed by atoms with van der Waals surface area (Å²) in [6, 6.07) is 7.41. The standard InChI is InChI=1S/C15H16FN/c1-10(2)14-5-4-12(7-15(14)16)13-6-11(3)8-17-9-13/h4-10H,1-3H3. The van der Waals surface area contributed by atoms with E-state index < -0.39 is 0 Å². The van der Waals surface area contributed by atoms with Crippen molar-refractivity contribution in [3.8, 4) is 11.1 Å². The van der Waals surface area contributed by atoms with Gasteiger partial charge in [0.1, 0.15) is 5.82 Å². The minimum absolute atomic E-state index is 0.140. The molecule has 2 rings (SSSR count). The van der Waals surface area contributed by atoms with Crippen molar-refractivity contribution < 1.29 is 4.39 Å². The molecule has 1 aromatic carbocycles. The number of aromatic nitrogens is 1. The van der Waals surface area contributed by atoms with Crippen molar-refractivity contribution >= 4 is 0 Å². The molecule has 0 saturated carbocycles. The summed E-state index contributed by atoms with van der Waals surface area (Å²) in [5, 5.41) is 0. The summed E-state index contributed by atoms with van der Waals surface area (Å²) in [5.74, 6) is 0.0682. The van der Waals surface area contributed by atoms with Gasteiger partial charge in [0.05, 0.1) is 0 Å². The predicted molar refractivity (Wildman–Crippen MR) is 68.5 cm³/mol. The largest absolute Gasteiger partial charge is 0.264 e. The van der Waals surface area contributed by atoms with Gasteiger partial charge in [0.2, 0.25) is 0 Å². The van der Waals surface area contributed by atoms with E-state index in [1.807, 2.05) is 39.0 Å². The molecule has 0 amide bonds. The molecule has 2 aromatic rings. The minimum atomic E-state index is -0.140. The summed E-state index contributed by atoms with van der Waals surface area (Å²) in [6.45, 7) is 5.97. The highest BCUT2D eigenvalue weighted by atomic mass is 19.1. The van der Waals surface area contributed by atoms with Crippen LogP contribution < -0.4 is 0 Å². The Hall–Kier alpha value is -1.70. The molecule has 0 fully saturated rings. The van der Waals surface area contributed by atoms with E-state index in [1.165, 1.54) is 0 Å². The van der Waals surface area contributed by atoms with Crippen LogP contribution in [0.15, 0.2) is 36.7 Å². The molecule has 0 aliphatic heterocycles.